The fourth-order valence-corrected chi connectivity index (χ4v) is 3.61. The van der Waals surface area contributed by atoms with Crippen molar-refractivity contribution in [3.63, 3.8) is 0 Å². The average Bonchev–Trinajstić information content (AvgIpc) is 2.91. The van der Waals surface area contributed by atoms with Crippen molar-refractivity contribution >= 4 is 0 Å². The number of rotatable bonds is 2. The molecule has 0 aliphatic heterocycles. The van der Waals surface area contributed by atoms with E-state index >= 15 is 0 Å². The standard InChI is InChI=1S/C12H20/c1-12(6-2-3-7-12)11-8-10(11)9-4-5-9/h9-11H,2-8H2,1H3/t10?,11-/m0/s1. The van der Waals surface area contributed by atoms with Crippen LogP contribution in [0.25, 0.3) is 0 Å². The van der Waals surface area contributed by atoms with Gasteiger partial charge in [0, 0.05) is 0 Å². The normalized spacial score (nSPS) is 44.8. The molecule has 0 spiro atoms. The van der Waals surface area contributed by atoms with Crippen LogP contribution in [0.1, 0.15) is 51.9 Å². The lowest BCUT2D eigenvalue weighted by Gasteiger charge is -2.23. The van der Waals surface area contributed by atoms with Crippen LogP contribution in [-0.4, -0.2) is 0 Å². The van der Waals surface area contributed by atoms with Crippen molar-refractivity contribution in [2.24, 2.45) is 23.2 Å². The topological polar surface area (TPSA) is 0 Å². The molecular formula is C12H20. The highest BCUT2D eigenvalue weighted by Crippen LogP contribution is 2.64. The van der Waals surface area contributed by atoms with Crippen LogP contribution in [0.15, 0.2) is 0 Å². The Hall–Kier alpha value is 0. The van der Waals surface area contributed by atoms with Gasteiger partial charge < -0.3 is 0 Å². The van der Waals surface area contributed by atoms with Gasteiger partial charge in [-0.05, 0) is 55.3 Å². The first kappa shape index (κ1) is 7.41. The highest BCUT2D eigenvalue weighted by atomic mass is 14.6. The van der Waals surface area contributed by atoms with Crippen LogP contribution in [0.2, 0.25) is 0 Å². The number of hydrogen-bond donors (Lipinski definition) is 0. The zero-order chi connectivity index (χ0) is 8.18. The van der Waals surface area contributed by atoms with Crippen LogP contribution in [0, 0.1) is 23.2 Å². The summed E-state index contributed by atoms with van der Waals surface area (Å²) >= 11 is 0. The van der Waals surface area contributed by atoms with E-state index in [2.05, 4.69) is 6.92 Å². The summed E-state index contributed by atoms with van der Waals surface area (Å²) in [5.41, 5.74) is 0.799. The Kier molecular flexibility index (Phi) is 1.40. The molecule has 0 aromatic carbocycles. The van der Waals surface area contributed by atoms with Gasteiger partial charge in [-0.25, -0.2) is 0 Å². The van der Waals surface area contributed by atoms with E-state index in [1.165, 1.54) is 24.7 Å². The molecule has 0 aromatic rings. The quantitative estimate of drug-likeness (QED) is 0.585. The monoisotopic (exact) mass is 164 g/mol. The van der Waals surface area contributed by atoms with Gasteiger partial charge in [-0.2, -0.15) is 0 Å². The highest BCUT2D eigenvalue weighted by molar-refractivity contribution is 5.05. The molecule has 0 bridgehead atoms. The Morgan fingerprint density at radius 2 is 1.75 bits per heavy atom. The fraction of sp³-hybridized carbons (Fsp3) is 1.00. The van der Waals surface area contributed by atoms with Gasteiger partial charge in [-0.3, -0.25) is 0 Å². The molecule has 68 valence electrons. The lowest BCUT2D eigenvalue weighted by atomic mass is 9.82. The average molecular weight is 164 g/mol. The molecule has 3 aliphatic rings. The molecule has 0 nitrogen and oxygen atoms in total. The van der Waals surface area contributed by atoms with Crippen molar-refractivity contribution in [1.29, 1.82) is 0 Å². The Labute approximate surface area is 75.7 Å². The van der Waals surface area contributed by atoms with Gasteiger partial charge in [-0.15, -0.1) is 0 Å². The third-order valence-corrected chi connectivity index (χ3v) is 4.71. The lowest BCUT2D eigenvalue weighted by molar-refractivity contribution is 0.262. The summed E-state index contributed by atoms with van der Waals surface area (Å²) in [4.78, 5) is 0. The Morgan fingerprint density at radius 3 is 2.33 bits per heavy atom. The van der Waals surface area contributed by atoms with Crippen molar-refractivity contribution in [2.75, 3.05) is 0 Å². The van der Waals surface area contributed by atoms with Crippen molar-refractivity contribution < 1.29 is 0 Å². The molecule has 1 unspecified atom stereocenters. The molecule has 0 N–H and O–H groups in total. The summed E-state index contributed by atoms with van der Waals surface area (Å²) in [6.07, 6.45) is 10.9. The third-order valence-electron chi connectivity index (χ3n) is 4.71. The summed E-state index contributed by atoms with van der Waals surface area (Å²) in [6.45, 7) is 2.56. The first-order valence-electron chi connectivity index (χ1n) is 5.80. The minimum absolute atomic E-state index is 0.799. The summed E-state index contributed by atoms with van der Waals surface area (Å²) in [5, 5.41) is 0. The molecule has 0 heteroatoms. The molecule has 0 amide bonds. The van der Waals surface area contributed by atoms with Crippen molar-refractivity contribution in [1.82, 2.24) is 0 Å². The molecule has 2 atom stereocenters. The molecule has 3 fully saturated rings. The van der Waals surface area contributed by atoms with Crippen LogP contribution in [0.3, 0.4) is 0 Å². The van der Waals surface area contributed by atoms with Crippen molar-refractivity contribution in [2.45, 2.75) is 51.9 Å². The second-order valence-corrected chi connectivity index (χ2v) is 5.70. The highest BCUT2D eigenvalue weighted by Gasteiger charge is 2.55. The van der Waals surface area contributed by atoms with Crippen LogP contribution in [0.5, 0.6) is 0 Å². The molecule has 0 heterocycles. The van der Waals surface area contributed by atoms with Gasteiger partial charge in [-0.1, -0.05) is 19.8 Å². The van der Waals surface area contributed by atoms with E-state index in [0.717, 1.165) is 11.3 Å². The van der Waals surface area contributed by atoms with Gasteiger partial charge in [0.1, 0.15) is 0 Å². The van der Waals surface area contributed by atoms with Gasteiger partial charge in [0.25, 0.3) is 0 Å². The van der Waals surface area contributed by atoms with E-state index in [1.54, 1.807) is 32.1 Å². The Morgan fingerprint density at radius 1 is 1.08 bits per heavy atom. The molecule has 12 heavy (non-hydrogen) atoms. The third kappa shape index (κ3) is 1.03. The Bertz CT molecular complexity index is 184. The van der Waals surface area contributed by atoms with Gasteiger partial charge in [0.15, 0.2) is 0 Å². The predicted molar refractivity (Wildman–Crippen MR) is 50.9 cm³/mol. The molecular weight excluding hydrogens is 144 g/mol. The second kappa shape index (κ2) is 2.27. The first-order valence-corrected chi connectivity index (χ1v) is 5.80. The van der Waals surface area contributed by atoms with Crippen LogP contribution < -0.4 is 0 Å². The molecule has 3 rings (SSSR count). The van der Waals surface area contributed by atoms with Crippen molar-refractivity contribution in [3.8, 4) is 0 Å². The molecule has 0 aromatic heterocycles. The largest absolute Gasteiger partial charge is 0.0594 e. The van der Waals surface area contributed by atoms with Gasteiger partial charge >= 0.3 is 0 Å². The minimum atomic E-state index is 0.799. The summed E-state index contributed by atoms with van der Waals surface area (Å²) < 4.78 is 0. The second-order valence-electron chi connectivity index (χ2n) is 5.70. The number of hydrogen-bond acceptors (Lipinski definition) is 0. The Balaban J connectivity index is 1.66. The van der Waals surface area contributed by atoms with Crippen LogP contribution in [-0.2, 0) is 0 Å². The predicted octanol–water partition coefficient (Wildman–Crippen LogP) is 3.61. The molecule has 0 radical (unpaired) electrons. The maximum atomic E-state index is 2.56. The van der Waals surface area contributed by atoms with Crippen LogP contribution >= 0.6 is 0 Å². The lowest BCUT2D eigenvalue weighted by Crippen LogP contribution is -2.15. The SMILES string of the molecule is CC1([C@H]2CC2C2CC2)CCCC1. The summed E-state index contributed by atoms with van der Waals surface area (Å²) in [7, 11) is 0. The molecule has 0 saturated heterocycles. The molecule has 3 aliphatic carbocycles. The maximum Gasteiger partial charge on any atom is -0.0295 e. The summed E-state index contributed by atoms with van der Waals surface area (Å²) in [5.74, 6) is 3.54. The zero-order valence-electron chi connectivity index (χ0n) is 8.18. The van der Waals surface area contributed by atoms with E-state index in [-0.39, 0.29) is 0 Å². The minimum Gasteiger partial charge on any atom is -0.0594 e. The maximum absolute atomic E-state index is 2.56. The van der Waals surface area contributed by atoms with Crippen molar-refractivity contribution in [3.05, 3.63) is 0 Å². The van der Waals surface area contributed by atoms with Gasteiger partial charge in [0.2, 0.25) is 0 Å². The summed E-state index contributed by atoms with van der Waals surface area (Å²) in [6, 6.07) is 0. The van der Waals surface area contributed by atoms with E-state index in [1.807, 2.05) is 0 Å². The van der Waals surface area contributed by atoms with E-state index in [9.17, 15) is 0 Å². The van der Waals surface area contributed by atoms with E-state index in [4.69, 9.17) is 0 Å². The first-order chi connectivity index (χ1) is 5.80. The smallest absolute Gasteiger partial charge is 0.0295 e. The fourth-order valence-electron chi connectivity index (χ4n) is 3.61. The van der Waals surface area contributed by atoms with E-state index in [0.29, 0.717) is 0 Å². The van der Waals surface area contributed by atoms with Crippen LogP contribution in [0.4, 0.5) is 0 Å². The zero-order valence-corrected chi connectivity index (χ0v) is 8.18. The molecule has 3 saturated carbocycles. The van der Waals surface area contributed by atoms with E-state index < -0.39 is 0 Å². The van der Waals surface area contributed by atoms with Gasteiger partial charge in [0.05, 0.1) is 0 Å².